The van der Waals surface area contributed by atoms with E-state index < -0.39 is 0 Å². The van der Waals surface area contributed by atoms with Gasteiger partial charge in [-0.25, -0.2) is 4.98 Å². The largest absolute Gasteiger partial charge is 0.331 e. The van der Waals surface area contributed by atoms with Crippen LogP contribution in [0.5, 0.6) is 0 Å². The topological polar surface area (TPSA) is 67.2 Å². The van der Waals surface area contributed by atoms with Crippen LogP contribution >= 0.6 is 11.6 Å². The van der Waals surface area contributed by atoms with Crippen LogP contribution < -0.4 is 5.32 Å². The third-order valence-electron chi connectivity index (χ3n) is 5.26. The van der Waals surface area contributed by atoms with Crippen LogP contribution in [-0.4, -0.2) is 38.9 Å². The first-order chi connectivity index (χ1) is 14.9. The highest BCUT2D eigenvalue weighted by Crippen LogP contribution is 2.31. The average molecular weight is 437 g/mol. The Bertz CT molecular complexity index is 1090. The van der Waals surface area contributed by atoms with Gasteiger partial charge in [0, 0.05) is 34.4 Å². The van der Waals surface area contributed by atoms with Gasteiger partial charge in [0.05, 0.1) is 5.69 Å². The Kier molecular flexibility index (Phi) is 6.09. The molecule has 0 bridgehead atoms. The zero-order valence-electron chi connectivity index (χ0n) is 17.6. The first-order valence-electron chi connectivity index (χ1n) is 10.4. The molecule has 0 radical (unpaired) electrons. The zero-order chi connectivity index (χ0) is 22.0. The number of rotatable bonds is 7. The van der Waals surface area contributed by atoms with E-state index in [1.54, 1.807) is 15.5 Å². The number of halogens is 1. The van der Waals surface area contributed by atoms with Crippen molar-refractivity contribution in [3.63, 3.8) is 0 Å². The molecule has 31 heavy (non-hydrogen) atoms. The molecular weight excluding hydrogens is 412 g/mol. The van der Waals surface area contributed by atoms with Gasteiger partial charge in [-0.15, -0.1) is 0 Å². The molecule has 0 atom stereocenters. The summed E-state index contributed by atoms with van der Waals surface area (Å²) in [5.74, 6) is 0.214. The maximum Gasteiger partial charge on any atom is 0.246 e. The lowest BCUT2D eigenvalue weighted by atomic mass is 10.2. The second-order valence-electron chi connectivity index (χ2n) is 8.05. The number of aromatic nitrogens is 2. The van der Waals surface area contributed by atoms with Crippen LogP contribution in [0.4, 0.5) is 5.95 Å². The van der Waals surface area contributed by atoms with Gasteiger partial charge in [0.25, 0.3) is 0 Å². The van der Waals surface area contributed by atoms with Crippen molar-refractivity contribution in [2.45, 2.75) is 32.7 Å². The highest BCUT2D eigenvalue weighted by atomic mass is 35.5. The number of hydrogen-bond acceptors (Lipinski definition) is 3. The number of carbonyl (C=O) groups excluding carboxylic acids is 2. The van der Waals surface area contributed by atoms with Crippen molar-refractivity contribution in [2.24, 2.45) is 5.92 Å². The maximum atomic E-state index is 12.9. The normalized spacial score (nSPS) is 13.3. The van der Waals surface area contributed by atoms with Crippen LogP contribution in [0.15, 0.2) is 60.8 Å². The molecule has 4 rings (SSSR count). The second kappa shape index (κ2) is 8.94. The SMILES string of the molecule is CC(C)N(CC(=O)Nc1nc(-c2ccccc2)cn1-c1cccc(Cl)c1)C(=O)C1CC1. The van der Waals surface area contributed by atoms with Crippen molar-refractivity contribution in [2.75, 3.05) is 11.9 Å². The summed E-state index contributed by atoms with van der Waals surface area (Å²) in [6.45, 7) is 3.85. The van der Waals surface area contributed by atoms with E-state index in [2.05, 4.69) is 10.3 Å². The first-order valence-corrected chi connectivity index (χ1v) is 10.8. The average Bonchev–Trinajstić information content (AvgIpc) is 3.52. The number of carbonyl (C=O) groups is 2. The molecule has 2 amide bonds. The van der Waals surface area contributed by atoms with Gasteiger partial charge < -0.3 is 4.90 Å². The van der Waals surface area contributed by atoms with Gasteiger partial charge in [0.2, 0.25) is 17.8 Å². The number of benzene rings is 2. The van der Waals surface area contributed by atoms with Gasteiger partial charge in [0.15, 0.2) is 0 Å². The summed E-state index contributed by atoms with van der Waals surface area (Å²) in [5.41, 5.74) is 2.45. The van der Waals surface area contributed by atoms with Crippen LogP contribution in [0.1, 0.15) is 26.7 Å². The number of nitrogens with zero attached hydrogens (tertiary/aromatic N) is 3. The van der Waals surface area contributed by atoms with Crippen LogP contribution in [0.2, 0.25) is 5.02 Å². The van der Waals surface area contributed by atoms with E-state index in [9.17, 15) is 9.59 Å². The summed E-state index contributed by atoms with van der Waals surface area (Å²) in [6, 6.07) is 17.0. The minimum absolute atomic E-state index is 0.00389. The predicted molar refractivity (Wildman–Crippen MR) is 122 cm³/mol. The number of nitrogens with one attached hydrogen (secondary N) is 1. The highest BCUT2D eigenvalue weighted by Gasteiger charge is 2.35. The fourth-order valence-electron chi connectivity index (χ4n) is 3.44. The summed E-state index contributed by atoms with van der Waals surface area (Å²) in [7, 11) is 0. The summed E-state index contributed by atoms with van der Waals surface area (Å²) in [4.78, 5) is 31.7. The van der Waals surface area contributed by atoms with Gasteiger partial charge in [0.1, 0.15) is 6.54 Å². The lowest BCUT2D eigenvalue weighted by Gasteiger charge is -2.26. The Morgan fingerprint density at radius 2 is 1.90 bits per heavy atom. The molecule has 160 valence electrons. The Morgan fingerprint density at radius 3 is 2.55 bits per heavy atom. The zero-order valence-corrected chi connectivity index (χ0v) is 18.3. The summed E-state index contributed by atoms with van der Waals surface area (Å²) < 4.78 is 1.80. The molecule has 0 spiro atoms. The van der Waals surface area contributed by atoms with E-state index >= 15 is 0 Å². The van der Waals surface area contributed by atoms with E-state index in [0.29, 0.717) is 11.0 Å². The van der Waals surface area contributed by atoms with E-state index in [1.165, 1.54) is 0 Å². The van der Waals surface area contributed by atoms with Gasteiger partial charge in [-0.1, -0.05) is 48.0 Å². The van der Waals surface area contributed by atoms with Crippen molar-refractivity contribution in [3.8, 4) is 16.9 Å². The van der Waals surface area contributed by atoms with Crippen LogP contribution in [0.3, 0.4) is 0 Å². The second-order valence-corrected chi connectivity index (χ2v) is 8.48. The molecule has 7 heteroatoms. The maximum absolute atomic E-state index is 12.9. The van der Waals surface area contributed by atoms with Crippen molar-refractivity contribution >= 4 is 29.4 Å². The van der Waals surface area contributed by atoms with Gasteiger partial charge >= 0.3 is 0 Å². The molecule has 3 aromatic rings. The summed E-state index contributed by atoms with van der Waals surface area (Å²) in [5, 5.41) is 3.48. The molecule has 0 unspecified atom stereocenters. The summed E-state index contributed by atoms with van der Waals surface area (Å²) >= 11 is 6.19. The van der Waals surface area contributed by atoms with Crippen LogP contribution in [-0.2, 0) is 9.59 Å². The molecule has 1 aromatic heterocycles. The molecule has 0 saturated heterocycles. The minimum Gasteiger partial charge on any atom is -0.331 e. The van der Waals surface area contributed by atoms with Crippen molar-refractivity contribution < 1.29 is 9.59 Å². The standard InChI is InChI=1S/C24H25ClN4O2/c1-16(2)28(23(31)18-11-12-18)15-22(30)27-24-26-21(17-7-4-3-5-8-17)14-29(24)20-10-6-9-19(25)13-20/h3-10,13-14,16,18H,11-12,15H2,1-2H3,(H,26,27,30). The Morgan fingerprint density at radius 1 is 1.16 bits per heavy atom. The lowest BCUT2D eigenvalue weighted by Crippen LogP contribution is -2.43. The molecule has 6 nitrogen and oxygen atoms in total. The molecule has 2 aromatic carbocycles. The monoisotopic (exact) mass is 436 g/mol. The molecule has 1 fully saturated rings. The third-order valence-corrected chi connectivity index (χ3v) is 5.50. The van der Waals surface area contributed by atoms with Crippen molar-refractivity contribution in [1.29, 1.82) is 0 Å². The first kappa shape index (κ1) is 21.1. The Labute approximate surface area is 186 Å². The smallest absolute Gasteiger partial charge is 0.246 e. The quantitative estimate of drug-likeness (QED) is 0.579. The molecule has 0 aliphatic heterocycles. The summed E-state index contributed by atoms with van der Waals surface area (Å²) in [6.07, 6.45) is 3.68. The molecule has 1 N–H and O–H groups in total. The molecular formula is C24H25ClN4O2. The van der Waals surface area contributed by atoms with Gasteiger partial charge in [-0.05, 0) is 44.9 Å². The van der Waals surface area contributed by atoms with Gasteiger partial charge in [-0.3, -0.25) is 19.5 Å². The number of hydrogen-bond donors (Lipinski definition) is 1. The van der Waals surface area contributed by atoms with E-state index in [4.69, 9.17) is 11.6 Å². The van der Waals surface area contributed by atoms with E-state index in [-0.39, 0.29) is 30.3 Å². The Hall–Kier alpha value is -3.12. The van der Waals surface area contributed by atoms with E-state index in [1.807, 2.05) is 68.6 Å². The molecule has 1 saturated carbocycles. The molecule has 1 aliphatic carbocycles. The number of anilines is 1. The number of amides is 2. The fourth-order valence-corrected chi connectivity index (χ4v) is 3.62. The number of imidazole rings is 1. The highest BCUT2D eigenvalue weighted by molar-refractivity contribution is 6.30. The van der Waals surface area contributed by atoms with Crippen LogP contribution in [0.25, 0.3) is 16.9 Å². The van der Waals surface area contributed by atoms with E-state index in [0.717, 1.165) is 29.8 Å². The van der Waals surface area contributed by atoms with Gasteiger partial charge in [-0.2, -0.15) is 0 Å². The molecule has 1 aliphatic rings. The third kappa shape index (κ3) is 4.97. The van der Waals surface area contributed by atoms with Crippen LogP contribution in [0, 0.1) is 5.92 Å². The lowest BCUT2D eigenvalue weighted by molar-refractivity contribution is -0.137. The minimum atomic E-state index is -0.281. The fraction of sp³-hybridized carbons (Fsp3) is 0.292. The van der Waals surface area contributed by atoms with Crippen molar-refractivity contribution in [1.82, 2.24) is 14.5 Å². The molecule has 1 heterocycles. The Balaban J connectivity index is 1.62. The van der Waals surface area contributed by atoms with Crippen molar-refractivity contribution in [3.05, 3.63) is 65.8 Å². The predicted octanol–water partition coefficient (Wildman–Crippen LogP) is 4.78.